The number of amides is 3. The smallest absolute Gasteiger partial charge is 0.326 e. The van der Waals surface area contributed by atoms with Crippen LogP contribution in [0, 0.1) is 0 Å². The van der Waals surface area contributed by atoms with Crippen molar-refractivity contribution < 1.29 is 57.9 Å². The molecule has 0 aliphatic rings. The number of ether oxygens (including phenoxy) is 4. The topological polar surface area (TPSA) is 216 Å². The Morgan fingerprint density at radius 2 is 1.02 bits per heavy atom. The second kappa shape index (κ2) is 32.4. The summed E-state index contributed by atoms with van der Waals surface area (Å²) < 4.78 is 21.0. The molecule has 0 rings (SSSR count). The second-order valence-electron chi connectivity index (χ2n) is 11.3. The van der Waals surface area contributed by atoms with Gasteiger partial charge in [-0.25, -0.2) is 4.79 Å². The molecule has 0 saturated heterocycles. The van der Waals surface area contributed by atoms with Crippen LogP contribution < -0.4 is 16.0 Å². The van der Waals surface area contributed by atoms with E-state index in [1.54, 1.807) is 6.92 Å². The van der Waals surface area contributed by atoms with E-state index in [4.69, 9.17) is 24.1 Å². The fraction of sp³-hybridized carbons (Fsp3) is 0.818. The quantitative estimate of drug-likeness (QED) is 0.0607. The van der Waals surface area contributed by atoms with Crippen molar-refractivity contribution in [2.75, 3.05) is 65.9 Å². The van der Waals surface area contributed by atoms with Crippen molar-refractivity contribution in [1.29, 1.82) is 0 Å². The van der Waals surface area contributed by atoms with Crippen molar-refractivity contribution in [2.45, 2.75) is 109 Å². The molecule has 0 unspecified atom stereocenters. The van der Waals surface area contributed by atoms with E-state index in [1.165, 1.54) is 0 Å². The molecule has 0 heterocycles. The molecule has 0 aliphatic heterocycles. The van der Waals surface area contributed by atoms with Crippen LogP contribution in [0.25, 0.3) is 0 Å². The molecule has 278 valence electrons. The van der Waals surface area contributed by atoms with Gasteiger partial charge in [0, 0.05) is 38.8 Å². The molecule has 0 aromatic heterocycles. The van der Waals surface area contributed by atoms with E-state index >= 15 is 0 Å². The average molecular weight is 690 g/mol. The fourth-order valence-corrected chi connectivity index (χ4v) is 4.33. The van der Waals surface area contributed by atoms with Crippen LogP contribution >= 0.6 is 0 Å². The summed E-state index contributed by atoms with van der Waals surface area (Å²) in [5.74, 6) is -2.89. The van der Waals surface area contributed by atoms with Gasteiger partial charge in [-0.15, -0.1) is 0 Å². The highest BCUT2D eigenvalue weighted by atomic mass is 16.5. The standard InChI is InChI=1S/C33H59N3O12/c1-2-27(37)25-47-23-21-46-20-18-35-31(40)26-48-24-22-45-19-17-34-29(38)16-15-28(33(43)44)36-30(39)13-11-9-7-5-3-4-6-8-10-12-14-32(41)42/h28H,2-26H2,1H3,(H,34,38)(H,35,40)(H,36,39)(H,41,42)(H,43,44)/t28-/m0/s1. The zero-order valence-electron chi connectivity index (χ0n) is 28.7. The Balaban J connectivity index is 3.69. The number of nitrogens with one attached hydrogen (secondary N) is 3. The first kappa shape index (κ1) is 44.9. The van der Waals surface area contributed by atoms with E-state index in [9.17, 15) is 33.9 Å². The maximum Gasteiger partial charge on any atom is 0.326 e. The third-order valence-electron chi connectivity index (χ3n) is 7.11. The molecule has 1 atom stereocenters. The number of rotatable bonds is 35. The summed E-state index contributed by atoms with van der Waals surface area (Å²) in [4.78, 5) is 69.2. The monoisotopic (exact) mass is 689 g/mol. The van der Waals surface area contributed by atoms with Gasteiger partial charge in [0.15, 0.2) is 5.78 Å². The molecule has 15 nitrogen and oxygen atoms in total. The van der Waals surface area contributed by atoms with E-state index in [0.29, 0.717) is 39.2 Å². The summed E-state index contributed by atoms with van der Waals surface area (Å²) in [6.07, 6.45) is 10.5. The van der Waals surface area contributed by atoms with Crippen LogP contribution in [0.1, 0.15) is 103 Å². The van der Waals surface area contributed by atoms with Crippen LogP contribution in [0.15, 0.2) is 0 Å². The van der Waals surface area contributed by atoms with Gasteiger partial charge in [-0.2, -0.15) is 0 Å². The van der Waals surface area contributed by atoms with E-state index in [1.807, 2.05) is 0 Å². The van der Waals surface area contributed by atoms with E-state index in [0.717, 1.165) is 57.8 Å². The number of ketones is 1. The van der Waals surface area contributed by atoms with Gasteiger partial charge in [0.2, 0.25) is 17.7 Å². The Kier molecular flexibility index (Phi) is 30.3. The highest BCUT2D eigenvalue weighted by Gasteiger charge is 2.20. The molecule has 0 bridgehead atoms. The van der Waals surface area contributed by atoms with Crippen LogP contribution in [-0.2, 0) is 47.7 Å². The molecule has 0 radical (unpaired) electrons. The van der Waals surface area contributed by atoms with Crippen molar-refractivity contribution in [2.24, 2.45) is 0 Å². The fourth-order valence-electron chi connectivity index (χ4n) is 4.33. The molecule has 0 spiro atoms. The van der Waals surface area contributed by atoms with Gasteiger partial charge in [0.1, 0.15) is 19.3 Å². The van der Waals surface area contributed by atoms with Crippen LogP contribution in [0.5, 0.6) is 0 Å². The third-order valence-corrected chi connectivity index (χ3v) is 7.11. The molecule has 0 fully saturated rings. The number of unbranched alkanes of at least 4 members (excludes halogenated alkanes) is 9. The Morgan fingerprint density at radius 1 is 0.542 bits per heavy atom. The lowest BCUT2D eigenvalue weighted by Crippen LogP contribution is -2.41. The van der Waals surface area contributed by atoms with E-state index < -0.39 is 18.0 Å². The lowest BCUT2D eigenvalue weighted by molar-refractivity contribution is -0.142. The first-order chi connectivity index (χ1) is 23.1. The number of carboxylic acid groups (broad SMARTS) is 2. The number of hydrogen-bond donors (Lipinski definition) is 5. The first-order valence-corrected chi connectivity index (χ1v) is 17.3. The van der Waals surface area contributed by atoms with Gasteiger partial charge in [-0.05, 0) is 19.3 Å². The van der Waals surface area contributed by atoms with Gasteiger partial charge in [-0.3, -0.25) is 24.0 Å². The predicted molar refractivity (Wildman–Crippen MR) is 176 cm³/mol. The molecule has 48 heavy (non-hydrogen) atoms. The molecular weight excluding hydrogens is 630 g/mol. The highest BCUT2D eigenvalue weighted by Crippen LogP contribution is 2.12. The largest absolute Gasteiger partial charge is 0.481 e. The summed E-state index contributed by atoms with van der Waals surface area (Å²) in [6, 6.07) is -1.14. The molecule has 0 aliphatic carbocycles. The minimum atomic E-state index is -1.19. The maximum atomic E-state index is 12.2. The number of carbonyl (C=O) groups is 6. The molecule has 5 N–H and O–H groups in total. The molecule has 0 aromatic carbocycles. The lowest BCUT2D eigenvalue weighted by atomic mass is 10.0. The van der Waals surface area contributed by atoms with E-state index in [2.05, 4.69) is 16.0 Å². The second-order valence-corrected chi connectivity index (χ2v) is 11.3. The van der Waals surface area contributed by atoms with E-state index in [-0.39, 0.29) is 88.8 Å². The van der Waals surface area contributed by atoms with Gasteiger partial charge >= 0.3 is 11.9 Å². The summed E-state index contributed by atoms with van der Waals surface area (Å²) in [6.45, 7) is 3.81. The zero-order valence-corrected chi connectivity index (χ0v) is 28.7. The van der Waals surface area contributed by atoms with Gasteiger partial charge in [0.05, 0.1) is 39.6 Å². The number of Topliss-reactive ketones (excluding diaryl/α,β-unsaturated/α-hetero) is 1. The average Bonchev–Trinajstić information content (AvgIpc) is 3.05. The van der Waals surface area contributed by atoms with Gasteiger partial charge in [0.25, 0.3) is 0 Å². The Bertz CT molecular complexity index is 903. The minimum Gasteiger partial charge on any atom is -0.481 e. The van der Waals surface area contributed by atoms with Crippen molar-refractivity contribution in [3.63, 3.8) is 0 Å². The third kappa shape index (κ3) is 31.5. The highest BCUT2D eigenvalue weighted by molar-refractivity contribution is 5.84. The number of aliphatic carboxylic acids is 2. The van der Waals surface area contributed by atoms with Crippen LogP contribution in [0.3, 0.4) is 0 Å². The van der Waals surface area contributed by atoms with Crippen LogP contribution in [0.2, 0.25) is 0 Å². The van der Waals surface area contributed by atoms with Crippen LogP contribution in [0.4, 0.5) is 0 Å². The Hall–Kier alpha value is -3.14. The normalized spacial score (nSPS) is 11.5. The first-order valence-electron chi connectivity index (χ1n) is 17.3. The molecule has 0 saturated carbocycles. The Morgan fingerprint density at radius 3 is 1.54 bits per heavy atom. The summed E-state index contributed by atoms with van der Waals surface area (Å²) in [5.41, 5.74) is 0. The summed E-state index contributed by atoms with van der Waals surface area (Å²) >= 11 is 0. The molecular formula is C33H59N3O12. The predicted octanol–water partition coefficient (Wildman–Crippen LogP) is 2.38. The zero-order chi connectivity index (χ0) is 35.7. The summed E-state index contributed by atoms with van der Waals surface area (Å²) in [7, 11) is 0. The van der Waals surface area contributed by atoms with Crippen molar-refractivity contribution in [1.82, 2.24) is 16.0 Å². The Labute approximate surface area is 284 Å². The number of carboxylic acids is 2. The lowest BCUT2D eigenvalue weighted by Gasteiger charge is -2.14. The van der Waals surface area contributed by atoms with Crippen molar-refractivity contribution in [3.8, 4) is 0 Å². The van der Waals surface area contributed by atoms with Crippen molar-refractivity contribution >= 4 is 35.4 Å². The molecule has 15 heteroatoms. The number of carbonyl (C=O) groups excluding carboxylic acids is 4. The van der Waals surface area contributed by atoms with Gasteiger partial charge < -0.3 is 45.1 Å². The SMILES string of the molecule is CCC(=O)COCCOCCNC(=O)COCCOCCNC(=O)CC[C@H](NC(=O)CCCCCCCCCCCCC(=O)O)C(=O)O. The van der Waals surface area contributed by atoms with Crippen molar-refractivity contribution in [3.05, 3.63) is 0 Å². The van der Waals surface area contributed by atoms with Crippen LogP contribution in [-0.4, -0.2) is 118 Å². The summed E-state index contributed by atoms with van der Waals surface area (Å²) in [5, 5.41) is 25.8. The maximum absolute atomic E-state index is 12.2. The minimum absolute atomic E-state index is 0.0261. The molecule has 0 aromatic rings. The number of hydrogen-bond acceptors (Lipinski definition) is 10. The van der Waals surface area contributed by atoms with Gasteiger partial charge in [-0.1, -0.05) is 58.3 Å². The molecule has 3 amide bonds.